The van der Waals surface area contributed by atoms with Crippen LogP contribution in [0, 0.1) is 0 Å². The van der Waals surface area contributed by atoms with E-state index in [1.165, 1.54) is 11.8 Å². The standard InChI is InChI=1S/C34H60N12O12S/c1-18(47)41-21(9-12-26(49)50)30(55)45-23(10-13-27(51)52)32(57)46-24(14-17-59-2)33(58)44-22(8-11-25(36)48)31(56)43-20(6-3-4-15-35)29(54)42-19(28(37)53)7-5-16-40-34(38)39/h19-24H,3-17,35H2,1-2H3,(H2,36,48)(H2,37,53)(H,41,47)(H,42,54)(H,43,56)(H,44,58)(H,45,55)(H,46,57)(H,49,50)(H,51,52)(H4,38,39,40)/t19-,20-,21-,22-,23-,24-/m0/s1. The van der Waals surface area contributed by atoms with Crippen molar-refractivity contribution in [1.82, 2.24) is 31.9 Å². The molecule has 0 radical (unpaired) electrons. The number of primary amides is 2. The second kappa shape index (κ2) is 29.5. The van der Waals surface area contributed by atoms with Crippen molar-refractivity contribution in [3.8, 4) is 0 Å². The predicted molar refractivity (Wildman–Crippen MR) is 214 cm³/mol. The van der Waals surface area contributed by atoms with Crippen molar-refractivity contribution in [3.05, 3.63) is 0 Å². The second-order valence-electron chi connectivity index (χ2n) is 13.3. The fraction of sp³-hybridized carbons (Fsp3) is 0.676. The normalized spacial score (nSPS) is 13.7. The van der Waals surface area contributed by atoms with Crippen LogP contribution in [0.4, 0.5) is 0 Å². The number of thioether (sulfide) groups is 1. The maximum atomic E-state index is 13.8. The lowest BCUT2D eigenvalue weighted by Gasteiger charge is -2.27. The Morgan fingerprint density at radius 2 is 0.932 bits per heavy atom. The van der Waals surface area contributed by atoms with Crippen LogP contribution in [0.1, 0.15) is 84.0 Å². The Bertz CT molecular complexity index is 1500. The molecule has 0 spiro atoms. The molecule has 0 aromatic rings. The van der Waals surface area contributed by atoms with Crippen molar-refractivity contribution in [1.29, 1.82) is 0 Å². The molecule has 0 rings (SSSR count). The smallest absolute Gasteiger partial charge is 0.303 e. The number of aliphatic carboxylic acids is 2. The Hall–Kier alpha value is -5.72. The Morgan fingerprint density at radius 3 is 1.31 bits per heavy atom. The summed E-state index contributed by atoms with van der Waals surface area (Å²) >= 11 is 1.29. The van der Waals surface area contributed by atoms with Crippen LogP contribution in [0.25, 0.3) is 0 Å². The third-order valence-electron chi connectivity index (χ3n) is 8.36. The number of guanidine groups is 1. The maximum Gasteiger partial charge on any atom is 0.303 e. The van der Waals surface area contributed by atoms with Crippen LogP contribution in [-0.2, 0) is 47.9 Å². The molecule has 6 atom stereocenters. The number of carbonyl (C=O) groups is 10. The van der Waals surface area contributed by atoms with Crippen LogP contribution in [0.2, 0.25) is 0 Å². The molecule has 0 aromatic heterocycles. The topological polar surface area (TPSA) is 426 Å². The average Bonchev–Trinajstić information content (AvgIpc) is 3.14. The predicted octanol–water partition coefficient (Wildman–Crippen LogP) is -4.67. The minimum absolute atomic E-state index is 0.0414. The van der Waals surface area contributed by atoms with E-state index >= 15 is 0 Å². The highest BCUT2D eigenvalue weighted by atomic mass is 32.2. The van der Waals surface area contributed by atoms with E-state index in [0.717, 1.165) is 6.92 Å². The van der Waals surface area contributed by atoms with Crippen molar-refractivity contribution in [2.75, 3.05) is 25.1 Å². The first-order chi connectivity index (χ1) is 27.7. The average molecular weight is 861 g/mol. The molecule has 0 unspecified atom stereocenters. The van der Waals surface area contributed by atoms with Gasteiger partial charge in [0.25, 0.3) is 0 Å². The van der Waals surface area contributed by atoms with Crippen molar-refractivity contribution in [2.24, 2.45) is 33.7 Å². The molecule has 59 heavy (non-hydrogen) atoms. The first-order valence-corrected chi connectivity index (χ1v) is 20.2. The molecule has 8 amide bonds. The first kappa shape index (κ1) is 53.3. The van der Waals surface area contributed by atoms with E-state index in [0.29, 0.717) is 12.8 Å². The first-order valence-electron chi connectivity index (χ1n) is 18.8. The van der Waals surface area contributed by atoms with Gasteiger partial charge in [0.2, 0.25) is 47.3 Å². The van der Waals surface area contributed by atoms with Gasteiger partial charge in [-0.05, 0) is 76.3 Å². The largest absolute Gasteiger partial charge is 0.481 e. The number of hydrogen-bond acceptors (Lipinski definition) is 13. The Morgan fingerprint density at radius 1 is 0.542 bits per heavy atom. The van der Waals surface area contributed by atoms with E-state index in [-0.39, 0.29) is 63.3 Å². The molecule has 0 saturated carbocycles. The summed E-state index contributed by atoms with van der Waals surface area (Å²) in [6, 6.07) is -8.33. The highest BCUT2D eigenvalue weighted by molar-refractivity contribution is 7.98. The summed E-state index contributed by atoms with van der Waals surface area (Å²) in [5.41, 5.74) is 27.1. The van der Waals surface area contributed by atoms with Crippen LogP contribution in [0.3, 0.4) is 0 Å². The second-order valence-corrected chi connectivity index (χ2v) is 14.3. The lowest BCUT2D eigenvalue weighted by atomic mass is 10.0. The summed E-state index contributed by atoms with van der Waals surface area (Å²) in [6.45, 7) is 1.49. The molecule has 0 fully saturated rings. The SMILES string of the molecule is CSCC[C@H](NC(=O)[C@H](CCC(=O)O)NC(=O)[C@H](CCC(=O)O)NC(C)=O)C(=O)N[C@@H](CCC(N)=O)C(=O)N[C@@H](CCCCN)C(=O)N[C@@H](CCCN=C(N)N)C(N)=O. The van der Waals surface area contributed by atoms with E-state index in [2.05, 4.69) is 36.9 Å². The van der Waals surface area contributed by atoms with Gasteiger partial charge in [-0.1, -0.05) is 0 Å². The van der Waals surface area contributed by atoms with Gasteiger partial charge in [0.15, 0.2) is 5.96 Å². The van der Waals surface area contributed by atoms with Gasteiger partial charge >= 0.3 is 11.9 Å². The highest BCUT2D eigenvalue weighted by Crippen LogP contribution is 2.10. The van der Waals surface area contributed by atoms with Gasteiger partial charge in [-0.25, -0.2) is 0 Å². The Kier molecular flexibility index (Phi) is 26.6. The van der Waals surface area contributed by atoms with Crippen LogP contribution < -0.4 is 60.6 Å². The zero-order chi connectivity index (χ0) is 45.1. The third-order valence-corrected chi connectivity index (χ3v) is 9.01. The van der Waals surface area contributed by atoms with Gasteiger partial charge in [-0.3, -0.25) is 52.9 Å². The van der Waals surface area contributed by atoms with E-state index in [9.17, 15) is 53.1 Å². The molecule has 0 aliphatic carbocycles. The molecular weight excluding hydrogens is 801 g/mol. The quantitative estimate of drug-likeness (QED) is 0.0172. The fourth-order valence-corrected chi connectivity index (χ4v) is 5.76. The van der Waals surface area contributed by atoms with Gasteiger partial charge in [-0.2, -0.15) is 11.8 Å². The van der Waals surface area contributed by atoms with E-state index < -0.39 is 121 Å². The zero-order valence-electron chi connectivity index (χ0n) is 33.3. The summed E-state index contributed by atoms with van der Waals surface area (Å²) in [6.07, 6.45) is 0.120. The third kappa shape index (κ3) is 24.6. The number of nitrogens with two attached hydrogens (primary N) is 5. The van der Waals surface area contributed by atoms with Gasteiger partial charge in [0.1, 0.15) is 36.3 Å². The monoisotopic (exact) mass is 860 g/mol. The van der Waals surface area contributed by atoms with E-state index in [4.69, 9.17) is 33.8 Å². The van der Waals surface area contributed by atoms with Gasteiger partial charge in [0, 0.05) is 32.7 Å². The molecule has 0 aromatic carbocycles. The lowest BCUT2D eigenvalue weighted by Crippen LogP contribution is -2.59. The van der Waals surface area contributed by atoms with E-state index in [1.54, 1.807) is 6.26 Å². The molecule has 24 nitrogen and oxygen atoms in total. The summed E-state index contributed by atoms with van der Waals surface area (Å²) in [5.74, 6) is -9.52. The van der Waals surface area contributed by atoms with Crippen molar-refractivity contribution >= 4 is 76.9 Å². The lowest BCUT2D eigenvalue weighted by molar-refractivity contribution is -0.140. The summed E-state index contributed by atoms with van der Waals surface area (Å²) in [4.78, 5) is 130. The number of carbonyl (C=O) groups excluding carboxylic acids is 8. The van der Waals surface area contributed by atoms with Crippen molar-refractivity contribution in [2.45, 2.75) is 120 Å². The van der Waals surface area contributed by atoms with Crippen LogP contribution >= 0.6 is 11.8 Å². The zero-order valence-corrected chi connectivity index (χ0v) is 34.1. The van der Waals surface area contributed by atoms with Gasteiger partial charge in [0.05, 0.1) is 0 Å². The minimum atomic E-state index is -1.58. The number of hydrogen-bond donors (Lipinski definition) is 13. The molecule has 0 aliphatic rings. The number of unbranched alkanes of at least 4 members (excludes halogenated alkanes) is 1. The number of aliphatic imine (C=N–C) groups is 1. The van der Waals surface area contributed by atoms with Crippen molar-refractivity contribution < 1.29 is 58.2 Å². The molecule has 18 N–H and O–H groups in total. The molecule has 0 aliphatic heterocycles. The van der Waals surface area contributed by atoms with Gasteiger partial charge in [-0.15, -0.1) is 0 Å². The molecule has 0 bridgehead atoms. The summed E-state index contributed by atoms with van der Waals surface area (Å²) < 4.78 is 0. The van der Waals surface area contributed by atoms with Crippen LogP contribution in [-0.4, -0.2) is 137 Å². The van der Waals surface area contributed by atoms with Gasteiger partial charge < -0.3 is 70.8 Å². The minimum Gasteiger partial charge on any atom is -0.481 e. The Labute approximate surface area is 345 Å². The fourth-order valence-electron chi connectivity index (χ4n) is 5.29. The number of nitrogens with one attached hydrogen (secondary N) is 6. The molecule has 0 saturated heterocycles. The number of carboxylic acids is 2. The summed E-state index contributed by atoms with van der Waals surface area (Å²) in [7, 11) is 0. The number of amides is 8. The molecular formula is C34H60N12O12S. The number of carboxylic acid groups (broad SMARTS) is 2. The van der Waals surface area contributed by atoms with Crippen LogP contribution in [0.15, 0.2) is 4.99 Å². The molecule has 334 valence electrons. The Balaban J connectivity index is 6.41. The summed E-state index contributed by atoms with van der Waals surface area (Å²) in [5, 5.41) is 32.9. The van der Waals surface area contributed by atoms with Crippen LogP contribution in [0.5, 0.6) is 0 Å². The molecule has 0 heterocycles. The number of rotatable bonds is 32. The van der Waals surface area contributed by atoms with Crippen molar-refractivity contribution in [3.63, 3.8) is 0 Å². The van der Waals surface area contributed by atoms with E-state index in [1.807, 2.05) is 0 Å². The number of nitrogens with zero attached hydrogens (tertiary/aromatic N) is 1. The highest BCUT2D eigenvalue weighted by Gasteiger charge is 2.33. The molecule has 25 heteroatoms. The maximum absolute atomic E-state index is 13.8.